The molecule has 0 spiro atoms. The quantitative estimate of drug-likeness (QED) is 0.511. The molecule has 0 saturated heterocycles. The number of thioether (sulfide) groups is 1. The van der Waals surface area contributed by atoms with Crippen molar-refractivity contribution in [2.45, 2.75) is 0 Å². The van der Waals surface area contributed by atoms with Crippen molar-refractivity contribution >= 4 is 45.6 Å². The molecule has 0 aliphatic heterocycles. The van der Waals surface area contributed by atoms with Crippen molar-refractivity contribution in [2.24, 2.45) is 0 Å². The standard InChI is InChI=1S/C2H2S3/c3-1-5-2-4/h1-2H. The molecule has 0 nitrogen and oxygen atoms in total. The molecule has 0 heterocycles. The van der Waals surface area contributed by atoms with Crippen LogP contribution in [0.15, 0.2) is 0 Å². The maximum absolute atomic E-state index is 4.39. The molecule has 0 bridgehead atoms. The highest BCUT2D eigenvalue weighted by Gasteiger charge is 1.56. The van der Waals surface area contributed by atoms with E-state index in [0.717, 1.165) is 0 Å². The monoisotopic (exact) mass is 122 g/mol. The van der Waals surface area contributed by atoms with Gasteiger partial charge in [0.1, 0.15) is 0 Å². The van der Waals surface area contributed by atoms with Gasteiger partial charge < -0.3 is 0 Å². The van der Waals surface area contributed by atoms with Crippen molar-refractivity contribution in [1.29, 1.82) is 0 Å². The molecule has 0 N–H and O–H groups in total. The minimum absolute atomic E-state index is 1.34. The fraction of sp³-hybridized carbons (Fsp3) is 0. The van der Waals surface area contributed by atoms with Gasteiger partial charge in [-0.3, -0.25) is 0 Å². The molecule has 0 radical (unpaired) electrons. The third-order valence-electron chi connectivity index (χ3n) is 0.111. The second-order valence-electron chi connectivity index (χ2n) is 0.329. The van der Waals surface area contributed by atoms with Crippen LogP contribution in [0, 0.1) is 0 Å². The Kier molecular flexibility index (Phi) is 5.01. The number of rotatable bonds is 2. The first-order valence-electron chi connectivity index (χ1n) is 0.943. The Morgan fingerprint density at radius 3 is 1.60 bits per heavy atom. The van der Waals surface area contributed by atoms with Crippen molar-refractivity contribution in [3.63, 3.8) is 0 Å². The molecule has 0 aliphatic carbocycles. The van der Waals surface area contributed by atoms with Crippen LogP contribution in [0.4, 0.5) is 0 Å². The van der Waals surface area contributed by atoms with Crippen molar-refractivity contribution in [3.05, 3.63) is 0 Å². The van der Waals surface area contributed by atoms with E-state index in [1.54, 1.807) is 0 Å². The van der Waals surface area contributed by atoms with Gasteiger partial charge in [-0.15, -0.1) is 0 Å². The summed E-state index contributed by atoms with van der Waals surface area (Å²) < 4.78 is 3.04. The highest BCUT2D eigenvalue weighted by molar-refractivity contribution is 8.34. The molecule has 0 atom stereocenters. The van der Waals surface area contributed by atoms with E-state index in [4.69, 9.17) is 0 Å². The Balaban J connectivity index is 2.65. The fourth-order valence-corrected chi connectivity index (χ4v) is 0.612. The molecule has 28 valence electrons. The second kappa shape index (κ2) is 4.53. The minimum atomic E-state index is 1.34. The van der Waals surface area contributed by atoms with Gasteiger partial charge in [-0.25, -0.2) is 0 Å². The first kappa shape index (κ1) is 5.53. The van der Waals surface area contributed by atoms with Crippen molar-refractivity contribution in [1.82, 2.24) is 0 Å². The van der Waals surface area contributed by atoms with Crippen LogP contribution in [0.5, 0.6) is 0 Å². The summed E-state index contributed by atoms with van der Waals surface area (Å²) in [4.78, 5) is 0. The molecule has 0 aliphatic rings. The van der Waals surface area contributed by atoms with E-state index in [1.165, 1.54) is 21.2 Å². The first-order valence-corrected chi connectivity index (χ1v) is 2.83. The van der Waals surface area contributed by atoms with Crippen LogP contribution in [0.2, 0.25) is 0 Å². The Labute approximate surface area is 45.9 Å². The number of thiocarbonyl (C=S) groups is 2. The maximum atomic E-state index is 4.39. The van der Waals surface area contributed by atoms with Crippen LogP contribution < -0.4 is 0 Å². The summed E-state index contributed by atoms with van der Waals surface area (Å²) >= 11 is 10.1. The lowest BCUT2D eigenvalue weighted by molar-refractivity contribution is 4.26. The van der Waals surface area contributed by atoms with Gasteiger partial charge in [0.25, 0.3) is 0 Å². The normalized spacial score (nSPS) is 6.40. The molecule has 0 aromatic heterocycles. The molecule has 0 aromatic carbocycles. The lowest BCUT2D eigenvalue weighted by atomic mass is 11.9. The highest BCUT2D eigenvalue weighted by atomic mass is 32.2. The first-order chi connectivity index (χ1) is 2.41. The third-order valence-corrected chi connectivity index (χ3v) is 1.00. The van der Waals surface area contributed by atoms with Crippen LogP contribution in [-0.4, -0.2) is 9.40 Å². The molecule has 0 amide bonds. The molecule has 3 heteroatoms. The van der Waals surface area contributed by atoms with Gasteiger partial charge in [0.2, 0.25) is 0 Å². The summed E-state index contributed by atoms with van der Waals surface area (Å²) in [5.41, 5.74) is 0. The average molecular weight is 122 g/mol. The van der Waals surface area contributed by atoms with Gasteiger partial charge in [-0.2, -0.15) is 0 Å². The van der Waals surface area contributed by atoms with Gasteiger partial charge in [-0.1, -0.05) is 36.2 Å². The summed E-state index contributed by atoms with van der Waals surface area (Å²) in [5.74, 6) is 0. The smallest absolute Gasteiger partial charge is 0.0393 e. The van der Waals surface area contributed by atoms with Crippen molar-refractivity contribution < 1.29 is 0 Å². The fourth-order valence-electron chi connectivity index (χ4n) is 0.0227. The molecular formula is C2H2S3. The van der Waals surface area contributed by atoms with Gasteiger partial charge in [-0.05, 0) is 0 Å². The molecule has 0 aromatic rings. The summed E-state index contributed by atoms with van der Waals surface area (Å²) in [6.07, 6.45) is 0. The lowest BCUT2D eigenvalue weighted by Gasteiger charge is -1.60. The molecule has 5 heavy (non-hydrogen) atoms. The summed E-state index contributed by atoms with van der Waals surface area (Å²) in [6.45, 7) is 0. The topological polar surface area (TPSA) is 0 Å². The predicted molar refractivity (Wildman–Crippen MR) is 34.9 cm³/mol. The SMILES string of the molecule is S=CSC=S. The third kappa shape index (κ3) is 4.53. The highest BCUT2D eigenvalue weighted by Crippen LogP contribution is 1.83. The van der Waals surface area contributed by atoms with E-state index in [9.17, 15) is 0 Å². The Morgan fingerprint density at radius 2 is 1.60 bits per heavy atom. The predicted octanol–water partition coefficient (Wildman–Crippen LogP) is 1.63. The zero-order valence-corrected chi connectivity index (χ0v) is 4.83. The molecule has 0 unspecified atom stereocenters. The minimum Gasteiger partial charge on any atom is -0.0825 e. The molecule has 0 fully saturated rings. The van der Waals surface area contributed by atoms with Crippen molar-refractivity contribution in [3.8, 4) is 0 Å². The van der Waals surface area contributed by atoms with Crippen LogP contribution >= 0.6 is 36.2 Å². The van der Waals surface area contributed by atoms with Gasteiger partial charge in [0.15, 0.2) is 0 Å². The largest absolute Gasteiger partial charge is 0.0825 e. The van der Waals surface area contributed by atoms with Gasteiger partial charge in [0.05, 0.1) is 0 Å². The van der Waals surface area contributed by atoms with E-state index < -0.39 is 0 Å². The molecule has 0 rings (SSSR count). The maximum Gasteiger partial charge on any atom is 0.0393 e. The van der Waals surface area contributed by atoms with E-state index in [0.29, 0.717) is 0 Å². The van der Waals surface area contributed by atoms with Gasteiger partial charge >= 0.3 is 0 Å². The van der Waals surface area contributed by atoms with E-state index in [-0.39, 0.29) is 0 Å². The van der Waals surface area contributed by atoms with E-state index in [1.807, 2.05) is 0 Å². The second-order valence-corrected chi connectivity index (χ2v) is 2.14. The summed E-state index contributed by atoms with van der Waals surface area (Å²) in [6, 6.07) is 0. The zero-order valence-electron chi connectivity index (χ0n) is 2.38. The van der Waals surface area contributed by atoms with E-state index in [2.05, 4.69) is 24.4 Å². The Hall–Kier alpha value is 0.530. The zero-order chi connectivity index (χ0) is 4.12. The van der Waals surface area contributed by atoms with Gasteiger partial charge in [0, 0.05) is 9.40 Å². The summed E-state index contributed by atoms with van der Waals surface area (Å²) in [5, 5.41) is 0. The molecule has 0 saturated carbocycles. The average Bonchev–Trinajstić information content (AvgIpc) is 1.41. The number of hydrogen-bond donors (Lipinski definition) is 0. The Morgan fingerprint density at radius 1 is 1.20 bits per heavy atom. The van der Waals surface area contributed by atoms with Crippen LogP contribution in [0.3, 0.4) is 0 Å². The summed E-state index contributed by atoms with van der Waals surface area (Å²) in [7, 11) is 0. The van der Waals surface area contributed by atoms with E-state index >= 15 is 0 Å². The van der Waals surface area contributed by atoms with Crippen LogP contribution in [-0.2, 0) is 0 Å². The molecular weight excluding hydrogens is 120 g/mol. The lowest BCUT2D eigenvalue weighted by Crippen LogP contribution is -1.46. The number of hydrogen-bond acceptors (Lipinski definition) is 3. The van der Waals surface area contributed by atoms with Crippen LogP contribution in [0.25, 0.3) is 0 Å². The van der Waals surface area contributed by atoms with Crippen LogP contribution in [0.1, 0.15) is 0 Å². The Bertz CT molecular complexity index is 34.2. The van der Waals surface area contributed by atoms with Crippen molar-refractivity contribution in [2.75, 3.05) is 0 Å².